The molecule has 3 aromatic rings. The van der Waals surface area contributed by atoms with E-state index in [9.17, 15) is 14.4 Å². The molecule has 1 aliphatic rings. The zero-order valence-electron chi connectivity index (χ0n) is 15.9. The van der Waals surface area contributed by atoms with Gasteiger partial charge in [-0.1, -0.05) is 30.3 Å². The molecule has 2 N–H and O–H groups in total. The van der Waals surface area contributed by atoms with E-state index in [-0.39, 0.29) is 6.42 Å². The highest BCUT2D eigenvalue weighted by molar-refractivity contribution is 6.08. The highest BCUT2D eigenvalue weighted by Crippen LogP contribution is 2.28. The minimum atomic E-state index is -1.25. The van der Waals surface area contributed by atoms with Crippen molar-refractivity contribution in [2.75, 3.05) is 7.11 Å². The molecule has 8 nitrogen and oxygen atoms in total. The monoisotopic (exact) mass is 393 g/mol. The van der Waals surface area contributed by atoms with Crippen LogP contribution in [0.5, 0.6) is 5.75 Å². The van der Waals surface area contributed by atoms with Crippen LogP contribution in [0.1, 0.15) is 18.1 Å². The molecule has 1 aliphatic heterocycles. The number of ether oxygens (including phenoxy) is 1. The number of hydrogen-bond donors (Lipinski definition) is 2. The van der Waals surface area contributed by atoms with E-state index in [1.165, 1.54) is 6.26 Å². The first-order valence-electron chi connectivity index (χ1n) is 8.98. The summed E-state index contributed by atoms with van der Waals surface area (Å²) in [4.78, 5) is 37.7. The fraction of sp³-hybridized carbons (Fsp3) is 0.190. The van der Waals surface area contributed by atoms with Gasteiger partial charge in [0.05, 0.1) is 19.8 Å². The van der Waals surface area contributed by atoms with Crippen LogP contribution >= 0.6 is 0 Å². The first kappa shape index (κ1) is 18.5. The fourth-order valence-corrected chi connectivity index (χ4v) is 3.37. The second-order valence-electron chi connectivity index (χ2n) is 6.90. The number of furan rings is 1. The van der Waals surface area contributed by atoms with E-state index in [0.29, 0.717) is 22.5 Å². The zero-order chi connectivity index (χ0) is 20.6. The Morgan fingerprint density at radius 1 is 1.21 bits per heavy atom. The van der Waals surface area contributed by atoms with E-state index in [2.05, 4.69) is 10.7 Å². The number of nitrogens with zero attached hydrogens (tertiary/aromatic N) is 1. The van der Waals surface area contributed by atoms with Gasteiger partial charge in [0.2, 0.25) is 5.91 Å². The molecule has 4 rings (SSSR count). The Labute approximate surface area is 166 Å². The van der Waals surface area contributed by atoms with Crippen molar-refractivity contribution in [2.45, 2.75) is 18.9 Å². The number of imide groups is 1. The molecule has 4 amide bonds. The molecule has 1 fully saturated rings. The molecule has 2 heterocycles. The van der Waals surface area contributed by atoms with Crippen molar-refractivity contribution in [3.05, 3.63) is 65.9 Å². The number of nitrogens with one attached hydrogen (secondary N) is 2. The molecule has 0 saturated carbocycles. The summed E-state index contributed by atoms with van der Waals surface area (Å²) in [6.45, 7) is 1.60. The number of hydrazine groups is 1. The lowest BCUT2D eigenvalue weighted by atomic mass is 9.92. The van der Waals surface area contributed by atoms with Gasteiger partial charge in [0, 0.05) is 17.0 Å². The van der Waals surface area contributed by atoms with Crippen LogP contribution in [0.15, 0.2) is 59.2 Å². The maximum Gasteiger partial charge on any atom is 0.344 e. The first-order valence-corrected chi connectivity index (χ1v) is 8.98. The number of fused-ring (bicyclic) bond motifs is 1. The molecule has 29 heavy (non-hydrogen) atoms. The third-order valence-corrected chi connectivity index (χ3v) is 4.99. The number of hydrogen-bond acceptors (Lipinski definition) is 5. The summed E-state index contributed by atoms with van der Waals surface area (Å²) in [7, 11) is 1.56. The van der Waals surface area contributed by atoms with Gasteiger partial charge in [-0.2, -0.15) is 5.01 Å². The second kappa shape index (κ2) is 6.97. The number of benzene rings is 2. The van der Waals surface area contributed by atoms with Crippen molar-refractivity contribution in [1.82, 2.24) is 15.8 Å². The van der Waals surface area contributed by atoms with Gasteiger partial charge < -0.3 is 14.5 Å². The van der Waals surface area contributed by atoms with Crippen molar-refractivity contribution < 1.29 is 23.5 Å². The van der Waals surface area contributed by atoms with Crippen molar-refractivity contribution in [1.29, 1.82) is 0 Å². The van der Waals surface area contributed by atoms with Gasteiger partial charge in [-0.15, -0.1) is 0 Å². The number of carbonyl (C=O) groups excluding carboxylic acids is 3. The van der Waals surface area contributed by atoms with Gasteiger partial charge in [0.1, 0.15) is 16.9 Å². The Morgan fingerprint density at radius 2 is 1.97 bits per heavy atom. The number of methoxy groups -OCH3 is 1. The Kier molecular flexibility index (Phi) is 4.46. The Balaban J connectivity index is 1.50. The molecule has 1 aromatic heterocycles. The van der Waals surface area contributed by atoms with E-state index in [0.717, 1.165) is 10.4 Å². The lowest BCUT2D eigenvalue weighted by molar-refractivity contribution is -0.138. The van der Waals surface area contributed by atoms with Gasteiger partial charge in [-0.3, -0.25) is 15.0 Å². The van der Waals surface area contributed by atoms with Crippen LogP contribution < -0.4 is 15.5 Å². The van der Waals surface area contributed by atoms with Crippen LogP contribution in [0, 0.1) is 0 Å². The topological polar surface area (TPSA) is 101 Å². The van der Waals surface area contributed by atoms with Crippen LogP contribution in [0.3, 0.4) is 0 Å². The highest BCUT2D eigenvalue weighted by Gasteiger charge is 2.49. The summed E-state index contributed by atoms with van der Waals surface area (Å²) in [5, 5.41) is 4.12. The standard InChI is InChI=1S/C21H19N3O5/c1-21(14-6-4-3-5-7-14)19(26)24(20(27)22-21)23-18(25)10-13-12-29-17-11-15(28-2)8-9-16(13)17/h3-9,11-12H,10H2,1-2H3,(H,22,27)(H,23,25)/t21-/m0/s1. The average Bonchev–Trinajstić information content (AvgIpc) is 3.22. The summed E-state index contributed by atoms with van der Waals surface area (Å²) in [5.74, 6) is -0.421. The largest absolute Gasteiger partial charge is 0.497 e. The molecule has 0 aliphatic carbocycles. The van der Waals surface area contributed by atoms with Crippen LogP contribution in [-0.2, 0) is 21.5 Å². The normalized spacial score (nSPS) is 18.8. The van der Waals surface area contributed by atoms with E-state index >= 15 is 0 Å². The first-order chi connectivity index (χ1) is 13.9. The smallest absolute Gasteiger partial charge is 0.344 e. The molecule has 2 aromatic carbocycles. The van der Waals surface area contributed by atoms with Crippen molar-refractivity contribution in [2.24, 2.45) is 0 Å². The Bertz CT molecular complexity index is 1110. The van der Waals surface area contributed by atoms with Gasteiger partial charge in [0.15, 0.2) is 0 Å². The van der Waals surface area contributed by atoms with Crippen LogP contribution in [0.2, 0.25) is 0 Å². The summed E-state index contributed by atoms with van der Waals surface area (Å²) in [6, 6.07) is 13.5. The molecule has 1 saturated heterocycles. The molecule has 0 bridgehead atoms. The van der Waals surface area contributed by atoms with Gasteiger partial charge in [0.25, 0.3) is 5.91 Å². The molecule has 0 radical (unpaired) electrons. The molecule has 8 heteroatoms. The number of amides is 4. The third-order valence-electron chi connectivity index (χ3n) is 4.99. The van der Waals surface area contributed by atoms with Crippen LogP contribution in [0.25, 0.3) is 11.0 Å². The SMILES string of the molecule is COc1ccc2c(CC(=O)NN3C(=O)N[C@@](C)(c4ccccc4)C3=O)coc2c1. The lowest BCUT2D eigenvalue weighted by Gasteiger charge is -2.22. The number of urea groups is 1. The summed E-state index contributed by atoms with van der Waals surface area (Å²) >= 11 is 0. The molecular weight excluding hydrogens is 374 g/mol. The summed E-state index contributed by atoms with van der Waals surface area (Å²) < 4.78 is 10.6. The Hall–Kier alpha value is -3.81. The van der Waals surface area contributed by atoms with Gasteiger partial charge in [-0.25, -0.2) is 4.79 Å². The minimum absolute atomic E-state index is 0.0571. The van der Waals surface area contributed by atoms with Crippen LogP contribution in [-0.4, -0.2) is 30.0 Å². The Morgan fingerprint density at radius 3 is 2.69 bits per heavy atom. The third kappa shape index (κ3) is 3.18. The highest BCUT2D eigenvalue weighted by atomic mass is 16.5. The van der Waals surface area contributed by atoms with E-state index < -0.39 is 23.4 Å². The van der Waals surface area contributed by atoms with Crippen molar-refractivity contribution in [3.63, 3.8) is 0 Å². The fourth-order valence-electron chi connectivity index (χ4n) is 3.37. The lowest BCUT2D eigenvalue weighted by Crippen LogP contribution is -2.48. The van der Waals surface area contributed by atoms with Crippen molar-refractivity contribution >= 4 is 28.8 Å². The molecule has 148 valence electrons. The predicted molar refractivity (Wildman–Crippen MR) is 104 cm³/mol. The number of carbonyl (C=O) groups is 3. The molecule has 1 atom stereocenters. The van der Waals surface area contributed by atoms with Crippen molar-refractivity contribution in [3.8, 4) is 5.75 Å². The van der Waals surface area contributed by atoms with Gasteiger partial charge >= 0.3 is 6.03 Å². The van der Waals surface area contributed by atoms with E-state index in [4.69, 9.17) is 9.15 Å². The minimum Gasteiger partial charge on any atom is -0.497 e. The quantitative estimate of drug-likeness (QED) is 0.649. The molecular formula is C21H19N3O5. The molecule has 0 spiro atoms. The average molecular weight is 393 g/mol. The summed E-state index contributed by atoms with van der Waals surface area (Å²) in [5.41, 5.74) is 3.00. The molecule has 0 unspecified atom stereocenters. The maximum absolute atomic E-state index is 12.9. The predicted octanol–water partition coefficient (Wildman–Crippen LogP) is 2.48. The van der Waals surface area contributed by atoms with Gasteiger partial charge in [-0.05, 0) is 24.6 Å². The van der Waals surface area contributed by atoms with E-state index in [1.807, 2.05) is 6.07 Å². The number of rotatable bonds is 5. The summed E-state index contributed by atoms with van der Waals surface area (Å²) in [6.07, 6.45) is 1.42. The van der Waals surface area contributed by atoms with Crippen LogP contribution in [0.4, 0.5) is 4.79 Å². The maximum atomic E-state index is 12.9. The second-order valence-corrected chi connectivity index (χ2v) is 6.90. The zero-order valence-corrected chi connectivity index (χ0v) is 15.9. The van der Waals surface area contributed by atoms with E-state index in [1.54, 1.807) is 56.5 Å².